The monoisotopic (exact) mass is 205 g/mol. The molecule has 0 aliphatic rings. The van der Waals surface area contributed by atoms with Gasteiger partial charge in [-0.3, -0.25) is 14.8 Å². The largest absolute Gasteiger partial charge is 0.299 e. The van der Waals surface area contributed by atoms with Gasteiger partial charge in [0, 0.05) is 19.2 Å². The maximum absolute atomic E-state index is 11.5. The molecule has 1 N–H and O–H groups in total. The Kier molecular flexibility index (Phi) is 4.07. The summed E-state index contributed by atoms with van der Waals surface area (Å²) in [6.07, 6.45) is 5.45. The van der Waals surface area contributed by atoms with Crippen LogP contribution < -0.4 is 5.32 Å². The molecule has 15 heavy (non-hydrogen) atoms. The fourth-order valence-corrected chi connectivity index (χ4v) is 1.37. The standard InChI is InChI=1S/C11H15N3O/c1-4-5-12-8-11(15)7-10-6-9(2)13-14(10)3/h1,6,12H,5,7-8H2,2-3H3. The highest BCUT2D eigenvalue weighted by Crippen LogP contribution is 2.02. The van der Waals surface area contributed by atoms with Crippen molar-refractivity contribution in [2.24, 2.45) is 7.05 Å². The first-order valence-electron chi connectivity index (χ1n) is 4.79. The summed E-state index contributed by atoms with van der Waals surface area (Å²) in [5.74, 6) is 2.54. The van der Waals surface area contributed by atoms with Crippen molar-refractivity contribution < 1.29 is 4.79 Å². The van der Waals surface area contributed by atoms with Crippen molar-refractivity contribution in [1.29, 1.82) is 0 Å². The number of terminal acetylenes is 1. The second-order valence-electron chi connectivity index (χ2n) is 3.42. The molecule has 0 saturated carbocycles. The van der Waals surface area contributed by atoms with Crippen molar-refractivity contribution in [2.75, 3.05) is 13.1 Å². The normalized spacial score (nSPS) is 9.93. The Bertz CT molecular complexity index is 387. The first-order valence-corrected chi connectivity index (χ1v) is 4.79. The lowest BCUT2D eigenvalue weighted by Gasteiger charge is -2.01. The van der Waals surface area contributed by atoms with Gasteiger partial charge in [-0.25, -0.2) is 0 Å². The number of nitrogens with zero attached hydrogens (tertiary/aromatic N) is 2. The summed E-state index contributed by atoms with van der Waals surface area (Å²) in [7, 11) is 1.84. The fourth-order valence-electron chi connectivity index (χ4n) is 1.37. The Balaban J connectivity index is 2.45. The van der Waals surface area contributed by atoms with E-state index in [9.17, 15) is 4.79 Å². The third-order valence-electron chi connectivity index (χ3n) is 2.03. The van der Waals surface area contributed by atoms with Gasteiger partial charge in [-0.1, -0.05) is 5.92 Å². The Hall–Kier alpha value is -1.60. The SMILES string of the molecule is C#CCNCC(=O)Cc1cc(C)nn1C. The molecule has 0 radical (unpaired) electrons. The molecule has 0 fully saturated rings. The smallest absolute Gasteiger partial charge is 0.152 e. The van der Waals surface area contributed by atoms with Crippen molar-refractivity contribution in [2.45, 2.75) is 13.3 Å². The van der Waals surface area contributed by atoms with Crippen LogP contribution in [0.15, 0.2) is 6.07 Å². The number of nitrogens with one attached hydrogen (secondary N) is 1. The lowest BCUT2D eigenvalue weighted by atomic mass is 10.2. The second kappa shape index (κ2) is 5.32. The maximum atomic E-state index is 11.5. The highest BCUT2D eigenvalue weighted by Gasteiger charge is 2.07. The van der Waals surface area contributed by atoms with Crippen LogP contribution in [0.3, 0.4) is 0 Å². The highest BCUT2D eigenvalue weighted by molar-refractivity contribution is 5.82. The molecule has 1 heterocycles. The van der Waals surface area contributed by atoms with E-state index >= 15 is 0 Å². The van der Waals surface area contributed by atoms with Gasteiger partial charge in [-0.15, -0.1) is 6.42 Å². The van der Waals surface area contributed by atoms with E-state index in [1.54, 1.807) is 4.68 Å². The number of carbonyl (C=O) groups excluding carboxylic acids is 1. The average Bonchev–Trinajstić information content (AvgIpc) is 2.45. The number of ketones is 1. The predicted octanol–water partition coefficient (Wildman–Crippen LogP) is 0.0629. The van der Waals surface area contributed by atoms with Gasteiger partial charge < -0.3 is 0 Å². The summed E-state index contributed by atoms with van der Waals surface area (Å²) in [6.45, 7) is 2.65. The summed E-state index contributed by atoms with van der Waals surface area (Å²) in [6, 6.07) is 1.92. The Morgan fingerprint density at radius 1 is 1.73 bits per heavy atom. The quantitative estimate of drug-likeness (QED) is 0.546. The van der Waals surface area contributed by atoms with E-state index in [0.29, 0.717) is 19.5 Å². The third kappa shape index (κ3) is 3.56. The minimum Gasteiger partial charge on any atom is -0.299 e. The van der Waals surface area contributed by atoms with Crippen LogP contribution in [0.2, 0.25) is 0 Å². The molecule has 0 aliphatic heterocycles. The molecule has 4 nitrogen and oxygen atoms in total. The van der Waals surface area contributed by atoms with Crippen LogP contribution in [0.25, 0.3) is 0 Å². The van der Waals surface area contributed by atoms with Crippen LogP contribution in [0.1, 0.15) is 11.4 Å². The summed E-state index contributed by atoms with van der Waals surface area (Å²) < 4.78 is 1.73. The first-order chi connectivity index (χ1) is 7.13. The zero-order chi connectivity index (χ0) is 11.3. The van der Waals surface area contributed by atoms with Crippen molar-refractivity contribution in [3.63, 3.8) is 0 Å². The van der Waals surface area contributed by atoms with Crippen LogP contribution in [0.4, 0.5) is 0 Å². The summed E-state index contributed by atoms with van der Waals surface area (Å²) in [4.78, 5) is 11.5. The molecule has 0 saturated heterocycles. The van der Waals surface area contributed by atoms with Gasteiger partial charge in [0.2, 0.25) is 0 Å². The van der Waals surface area contributed by atoms with Gasteiger partial charge in [0.1, 0.15) is 0 Å². The third-order valence-corrected chi connectivity index (χ3v) is 2.03. The molecule has 80 valence electrons. The molecule has 0 atom stereocenters. The molecule has 1 aromatic heterocycles. The van der Waals surface area contributed by atoms with Gasteiger partial charge in [0.15, 0.2) is 5.78 Å². The van der Waals surface area contributed by atoms with Crippen molar-refractivity contribution in [3.05, 3.63) is 17.5 Å². The second-order valence-corrected chi connectivity index (χ2v) is 3.42. The zero-order valence-corrected chi connectivity index (χ0v) is 9.08. The van der Waals surface area contributed by atoms with Gasteiger partial charge in [-0.05, 0) is 13.0 Å². The first kappa shape index (κ1) is 11.5. The number of Topliss-reactive ketones (excluding diaryl/α,β-unsaturated/α-hetero) is 1. The number of aromatic nitrogens is 2. The predicted molar refractivity (Wildman–Crippen MR) is 58.4 cm³/mol. The average molecular weight is 205 g/mol. The topological polar surface area (TPSA) is 46.9 Å². The molecule has 0 bridgehead atoms. The zero-order valence-electron chi connectivity index (χ0n) is 9.08. The lowest BCUT2D eigenvalue weighted by molar-refractivity contribution is -0.117. The molecule has 4 heteroatoms. The Morgan fingerprint density at radius 3 is 3.00 bits per heavy atom. The van der Waals surface area contributed by atoms with Crippen LogP contribution >= 0.6 is 0 Å². The van der Waals surface area contributed by atoms with Gasteiger partial charge in [-0.2, -0.15) is 5.10 Å². The van der Waals surface area contributed by atoms with Gasteiger partial charge in [0.05, 0.1) is 18.8 Å². The summed E-state index contributed by atoms with van der Waals surface area (Å²) in [5, 5.41) is 7.04. The minimum atomic E-state index is 0.119. The molecule has 0 unspecified atom stereocenters. The number of hydrogen-bond donors (Lipinski definition) is 1. The Morgan fingerprint density at radius 2 is 2.47 bits per heavy atom. The highest BCUT2D eigenvalue weighted by atomic mass is 16.1. The molecule has 0 aromatic carbocycles. The van der Waals surface area contributed by atoms with E-state index in [0.717, 1.165) is 11.4 Å². The van der Waals surface area contributed by atoms with E-state index in [1.807, 2.05) is 20.0 Å². The Labute approximate surface area is 89.7 Å². The van der Waals surface area contributed by atoms with E-state index in [-0.39, 0.29) is 5.78 Å². The molecule has 1 aromatic rings. The molecular weight excluding hydrogens is 190 g/mol. The molecule has 0 spiro atoms. The van der Waals surface area contributed by atoms with Crippen molar-refractivity contribution >= 4 is 5.78 Å². The summed E-state index contributed by atoms with van der Waals surface area (Å²) >= 11 is 0. The molecule has 1 rings (SSSR count). The van der Waals surface area contributed by atoms with E-state index in [4.69, 9.17) is 6.42 Å². The van der Waals surface area contributed by atoms with Gasteiger partial charge >= 0.3 is 0 Å². The van der Waals surface area contributed by atoms with E-state index < -0.39 is 0 Å². The minimum absolute atomic E-state index is 0.119. The van der Waals surface area contributed by atoms with Crippen molar-refractivity contribution in [1.82, 2.24) is 15.1 Å². The van der Waals surface area contributed by atoms with Crippen LogP contribution in [0, 0.1) is 19.3 Å². The molecular formula is C11H15N3O. The number of rotatable bonds is 5. The van der Waals surface area contributed by atoms with E-state index in [2.05, 4.69) is 16.3 Å². The molecule has 0 aliphatic carbocycles. The van der Waals surface area contributed by atoms with Gasteiger partial charge in [0.25, 0.3) is 0 Å². The van der Waals surface area contributed by atoms with E-state index in [1.165, 1.54) is 0 Å². The van der Waals surface area contributed by atoms with Crippen molar-refractivity contribution in [3.8, 4) is 12.3 Å². The number of carbonyl (C=O) groups is 1. The molecule has 0 amide bonds. The number of hydrogen-bond acceptors (Lipinski definition) is 3. The summed E-state index contributed by atoms with van der Waals surface area (Å²) in [5.41, 5.74) is 1.86. The van der Waals surface area contributed by atoms with Crippen LogP contribution in [-0.4, -0.2) is 28.7 Å². The number of aryl methyl sites for hydroxylation is 2. The lowest BCUT2D eigenvalue weighted by Crippen LogP contribution is -2.25. The maximum Gasteiger partial charge on any atom is 0.152 e. The fraction of sp³-hybridized carbons (Fsp3) is 0.455. The van der Waals surface area contributed by atoms with Crippen LogP contribution in [0.5, 0.6) is 0 Å². The van der Waals surface area contributed by atoms with Crippen LogP contribution in [-0.2, 0) is 18.3 Å².